The Kier molecular flexibility index (Phi) is 72.9. The van der Waals surface area contributed by atoms with Gasteiger partial charge in [-0.1, -0.05) is 7.43 Å². The zero-order valence-corrected chi connectivity index (χ0v) is 5.18. The molecule has 0 aromatic heterocycles. The average Bonchev–Trinajstić information content (AvgIpc) is 1.39. The Hall–Kier alpha value is 0.380. The third-order valence-electron chi connectivity index (χ3n) is 0. The first-order chi connectivity index (χ1) is 2.83. The van der Waals surface area contributed by atoms with Crippen molar-refractivity contribution < 1.29 is 18.9 Å². The Bertz CT molecular complexity index is 30.7. The Labute approximate surface area is 44.8 Å². The van der Waals surface area contributed by atoms with E-state index in [4.69, 9.17) is 18.9 Å². The average molecular weight is 148 g/mol. The van der Waals surface area contributed by atoms with Gasteiger partial charge in [0.05, 0.1) is 0 Å². The quantitative estimate of drug-likeness (QED) is 0.471. The van der Waals surface area contributed by atoms with Crippen molar-refractivity contribution in [1.82, 2.24) is 0 Å². The minimum Gasteiger partial charge on any atom is -0.348 e. The van der Waals surface area contributed by atoms with Crippen LogP contribution in [0.4, 0.5) is 0 Å². The summed E-state index contributed by atoms with van der Waals surface area (Å²) in [6.45, 7) is 0. The summed E-state index contributed by atoms with van der Waals surface area (Å²) in [7, 11) is -3.00. The molecule has 0 bridgehead atoms. The van der Waals surface area contributed by atoms with Crippen LogP contribution < -0.4 is 0 Å². The van der Waals surface area contributed by atoms with Crippen molar-refractivity contribution in [2.45, 2.75) is 7.43 Å². The van der Waals surface area contributed by atoms with Crippen LogP contribution in [0.2, 0.25) is 0 Å². The molecule has 0 spiro atoms. The molecular weight excluding hydrogens is 138 g/mol. The zero-order chi connectivity index (χ0) is 5.41. The molecule has 0 aliphatic heterocycles. The molecule has 0 radical (unpaired) electrons. The first-order valence-corrected chi connectivity index (χ1v) is 2.96. The fourth-order valence-corrected chi connectivity index (χ4v) is 0. The zero-order valence-electron chi connectivity index (χ0n) is 2.87. The van der Waals surface area contributed by atoms with Gasteiger partial charge in [0.2, 0.25) is 0 Å². The van der Waals surface area contributed by atoms with Crippen molar-refractivity contribution in [1.29, 1.82) is 0 Å². The second-order valence-electron chi connectivity index (χ2n) is 0.211. The topological polar surface area (TPSA) is 74.6 Å². The van der Waals surface area contributed by atoms with Crippen LogP contribution in [0.25, 0.3) is 0 Å². The molecule has 0 aliphatic carbocycles. The Morgan fingerprint density at radius 1 is 1.00 bits per heavy atom. The van der Waals surface area contributed by atoms with Crippen molar-refractivity contribution in [3.05, 3.63) is 0 Å². The fourth-order valence-electron chi connectivity index (χ4n) is 0. The van der Waals surface area contributed by atoms with Gasteiger partial charge in [0.25, 0.3) is 0 Å². The SMILES string of the molecule is C.O=[PH2]O.O=[PH2]O. The standard InChI is InChI=1S/CH4.2H3O2P/c;2*1-3-2/h1H4;2*3H2,(H,1,2). The maximum absolute atomic E-state index is 8.57. The molecule has 7 heavy (non-hydrogen) atoms. The first-order valence-electron chi connectivity index (χ1n) is 0.988. The van der Waals surface area contributed by atoms with Gasteiger partial charge in [-0.15, -0.1) is 0 Å². The summed E-state index contributed by atoms with van der Waals surface area (Å²) < 4.78 is 17.1. The van der Waals surface area contributed by atoms with Gasteiger partial charge in [-0.05, 0) is 0 Å². The van der Waals surface area contributed by atoms with Crippen LogP contribution in [0.1, 0.15) is 7.43 Å². The number of rotatable bonds is 0. The second kappa shape index (κ2) is 32.6. The van der Waals surface area contributed by atoms with Crippen molar-refractivity contribution in [3.63, 3.8) is 0 Å². The number of hydrogen-bond acceptors (Lipinski definition) is 2. The van der Waals surface area contributed by atoms with Crippen LogP contribution in [0.5, 0.6) is 0 Å². The molecule has 0 heterocycles. The van der Waals surface area contributed by atoms with Crippen LogP contribution in [0.15, 0.2) is 0 Å². The van der Waals surface area contributed by atoms with Crippen LogP contribution >= 0.6 is 17.4 Å². The summed E-state index contributed by atoms with van der Waals surface area (Å²) >= 11 is 0. The lowest BCUT2D eigenvalue weighted by atomic mass is 12.0. The van der Waals surface area contributed by atoms with E-state index in [9.17, 15) is 0 Å². The van der Waals surface area contributed by atoms with E-state index >= 15 is 0 Å². The van der Waals surface area contributed by atoms with E-state index < -0.39 is 17.4 Å². The molecule has 0 amide bonds. The van der Waals surface area contributed by atoms with Crippen LogP contribution in [0, 0.1) is 0 Å². The molecule has 0 aromatic rings. The van der Waals surface area contributed by atoms with E-state index in [1.54, 1.807) is 0 Å². The third-order valence-corrected chi connectivity index (χ3v) is 0. The summed E-state index contributed by atoms with van der Waals surface area (Å²) in [6, 6.07) is 0. The van der Waals surface area contributed by atoms with E-state index in [-0.39, 0.29) is 7.43 Å². The molecule has 48 valence electrons. The van der Waals surface area contributed by atoms with Gasteiger partial charge in [0.1, 0.15) is 0 Å². The monoisotopic (exact) mass is 148 g/mol. The molecule has 0 aromatic carbocycles. The minimum absolute atomic E-state index is 0. The summed E-state index contributed by atoms with van der Waals surface area (Å²) in [4.78, 5) is 14.2. The summed E-state index contributed by atoms with van der Waals surface area (Å²) in [5.41, 5.74) is 0. The molecule has 6 heteroatoms. The normalized spacial score (nSPS) is 8.29. The maximum Gasteiger partial charge on any atom is 0.177 e. The van der Waals surface area contributed by atoms with Gasteiger partial charge < -0.3 is 9.79 Å². The molecule has 0 saturated carbocycles. The Balaban J connectivity index is -0.0000000400. The summed E-state index contributed by atoms with van der Waals surface area (Å²) in [5, 5.41) is 0. The van der Waals surface area contributed by atoms with Crippen LogP contribution in [-0.4, -0.2) is 9.79 Å². The highest BCUT2D eigenvalue weighted by Crippen LogP contribution is 1.66. The molecule has 0 saturated heterocycles. The van der Waals surface area contributed by atoms with Crippen molar-refractivity contribution in [2.24, 2.45) is 0 Å². The molecule has 4 nitrogen and oxygen atoms in total. The summed E-state index contributed by atoms with van der Waals surface area (Å²) in [6.07, 6.45) is 0. The molecule has 0 aliphatic rings. The van der Waals surface area contributed by atoms with Crippen LogP contribution in [-0.2, 0) is 9.13 Å². The second-order valence-corrected chi connectivity index (χ2v) is 0.632. The van der Waals surface area contributed by atoms with E-state index in [2.05, 4.69) is 0 Å². The maximum atomic E-state index is 8.57. The van der Waals surface area contributed by atoms with Crippen molar-refractivity contribution >= 4 is 17.4 Å². The van der Waals surface area contributed by atoms with Crippen molar-refractivity contribution in [3.8, 4) is 0 Å². The molecule has 0 fully saturated rings. The third kappa shape index (κ3) is 848. The van der Waals surface area contributed by atoms with Crippen LogP contribution in [0.3, 0.4) is 0 Å². The lowest BCUT2D eigenvalue weighted by molar-refractivity contribution is 0.523. The molecule has 2 N–H and O–H groups in total. The molecule has 0 rings (SSSR count). The van der Waals surface area contributed by atoms with E-state index in [1.807, 2.05) is 0 Å². The first kappa shape index (κ1) is 15.7. The predicted molar refractivity (Wildman–Crippen MR) is 32.0 cm³/mol. The molecular formula is CH10O4P2. The van der Waals surface area contributed by atoms with E-state index in [1.165, 1.54) is 0 Å². The van der Waals surface area contributed by atoms with Gasteiger partial charge in [0, 0.05) is 0 Å². The van der Waals surface area contributed by atoms with Gasteiger partial charge in [-0.2, -0.15) is 0 Å². The molecule has 2 atom stereocenters. The van der Waals surface area contributed by atoms with E-state index in [0.29, 0.717) is 0 Å². The Morgan fingerprint density at radius 2 is 1.00 bits per heavy atom. The number of hydrogen-bond donors (Lipinski definition) is 2. The van der Waals surface area contributed by atoms with E-state index in [0.717, 1.165) is 0 Å². The van der Waals surface area contributed by atoms with Gasteiger partial charge in [-0.3, -0.25) is 9.13 Å². The van der Waals surface area contributed by atoms with Gasteiger partial charge in [-0.25, -0.2) is 0 Å². The largest absolute Gasteiger partial charge is 0.348 e. The predicted octanol–water partition coefficient (Wildman–Crippen LogP) is -0.0639. The fraction of sp³-hybridized carbons (Fsp3) is 1.00. The molecule has 2 unspecified atom stereocenters. The van der Waals surface area contributed by atoms with Crippen molar-refractivity contribution in [2.75, 3.05) is 0 Å². The highest BCUT2D eigenvalue weighted by atomic mass is 31.1. The van der Waals surface area contributed by atoms with Gasteiger partial charge >= 0.3 is 0 Å². The smallest absolute Gasteiger partial charge is 0.177 e. The highest BCUT2D eigenvalue weighted by Gasteiger charge is 1.18. The lowest BCUT2D eigenvalue weighted by Gasteiger charge is -1.33. The highest BCUT2D eigenvalue weighted by molar-refractivity contribution is 7.16. The summed E-state index contributed by atoms with van der Waals surface area (Å²) in [5.74, 6) is 0. The van der Waals surface area contributed by atoms with Gasteiger partial charge in [0.15, 0.2) is 17.4 Å². The minimum atomic E-state index is -1.50. The Morgan fingerprint density at radius 3 is 1.00 bits per heavy atom. The lowest BCUT2D eigenvalue weighted by Crippen LogP contribution is -1.03.